The lowest BCUT2D eigenvalue weighted by atomic mass is 10.2. The Hall–Kier alpha value is -2.22. The van der Waals surface area contributed by atoms with Crippen molar-refractivity contribution in [2.75, 3.05) is 12.3 Å². The lowest BCUT2D eigenvalue weighted by Crippen LogP contribution is -2.39. The quantitative estimate of drug-likeness (QED) is 0.866. The molecule has 2 atom stereocenters. The number of amides is 2. The van der Waals surface area contributed by atoms with E-state index in [0.29, 0.717) is 12.4 Å². The highest BCUT2D eigenvalue weighted by atomic mass is 32.2. The summed E-state index contributed by atoms with van der Waals surface area (Å²) < 4.78 is 7.74. The smallest absolute Gasteiger partial charge is 0.315 e. The van der Waals surface area contributed by atoms with Crippen LogP contribution in [0.25, 0.3) is 0 Å². The van der Waals surface area contributed by atoms with E-state index < -0.39 is 0 Å². The standard InChI is InChI=1S/C16H21N5O2S/c1-11(15-20-18-10-21(15)2)19-16(22)17-8-7-12-9-24-14-6-4-3-5-13(14)23-12/h3-6,10-12H,7-9H2,1-2H3,(H2,17,19,22). The first kappa shape index (κ1) is 16.6. The zero-order valence-corrected chi connectivity index (χ0v) is 14.5. The summed E-state index contributed by atoms with van der Waals surface area (Å²) in [7, 11) is 1.85. The SMILES string of the molecule is CC(NC(=O)NCCC1CSc2ccccc2O1)c1nncn1C. The Balaban J connectivity index is 1.41. The molecular weight excluding hydrogens is 326 g/mol. The van der Waals surface area contributed by atoms with Gasteiger partial charge >= 0.3 is 6.03 Å². The molecule has 0 radical (unpaired) electrons. The van der Waals surface area contributed by atoms with Crippen LogP contribution in [0.3, 0.4) is 0 Å². The van der Waals surface area contributed by atoms with Gasteiger partial charge in [-0.05, 0) is 19.1 Å². The normalized spacial score (nSPS) is 17.5. The molecule has 1 aliphatic heterocycles. The van der Waals surface area contributed by atoms with Gasteiger partial charge in [-0.3, -0.25) is 0 Å². The van der Waals surface area contributed by atoms with Crippen molar-refractivity contribution in [1.29, 1.82) is 0 Å². The second-order valence-electron chi connectivity index (χ2n) is 5.71. The van der Waals surface area contributed by atoms with E-state index in [0.717, 1.165) is 17.9 Å². The average Bonchev–Trinajstić information content (AvgIpc) is 3.01. The molecule has 7 nitrogen and oxygen atoms in total. The monoisotopic (exact) mass is 347 g/mol. The van der Waals surface area contributed by atoms with Crippen molar-refractivity contribution in [3.05, 3.63) is 36.4 Å². The van der Waals surface area contributed by atoms with Crippen LogP contribution in [-0.2, 0) is 7.05 Å². The third-order valence-electron chi connectivity index (χ3n) is 3.80. The largest absolute Gasteiger partial charge is 0.488 e. The first-order chi connectivity index (χ1) is 11.6. The fourth-order valence-electron chi connectivity index (χ4n) is 2.55. The number of rotatable bonds is 5. The van der Waals surface area contributed by atoms with Crippen LogP contribution >= 0.6 is 11.8 Å². The van der Waals surface area contributed by atoms with Crippen molar-refractivity contribution in [3.8, 4) is 5.75 Å². The maximum Gasteiger partial charge on any atom is 0.315 e. The van der Waals surface area contributed by atoms with Crippen LogP contribution in [0.5, 0.6) is 5.75 Å². The summed E-state index contributed by atoms with van der Waals surface area (Å²) in [4.78, 5) is 13.2. The van der Waals surface area contributed by atoms with Crippen LogP contribution in [-0.4, -0.2) is 39.2 Å². The molecule has 0 fully saturated rings. The molecule has 8 heteroatoms. The molecule has 1 aromatic heterocycles. The summed E-state index contributed by atoms with van der Waals surface area (Å²) in [5.41, 5.74) is 0. The Labute approximate surface area is 145 Å². The molecule has 0 saturated carbocycles. The number of para-hydroxylation sites is 1. The number of carbonyl (C=O) groups is 1. The molecule has 2 N–H and O–H groups in total. The Morgan fingerprint density at radius 2 is 2.33 bits per heavy atom. The lowest BCUT2D eigenvalue weighted by Gasteiger charge is -2.25. The molecule has 3 rings (SSSR count). The highest BCUT2D eigenvalue weighted by Crippen LogP contribution is 2.35. The number of carbonyl (C=O) groups excluding carboxylic acids is 1. The molecule has 0 spiro atoms. The minimum Gasteiger partial charge on any atom is -0.488 e. The maximum atomic E-state index is 12.0. The van der Waals surface area contributed by atoms with Gasteiger partial charge in [0, 0.05) is 30.7 Å². The third kappa shape index (κ3) is 4.00. The number of benzene rings is 1. The van der Waals surface area contributed by atoms with Gasteiger partial charge in [-0.15, -0.1) is 22.0 Å². The van der Waals surface area contributed by atoms with Crippen LogP contribution in [0.1, 0.15) is 25.2 Å². The number of aryl methyl sites for hydroxylation is 1. The minimum atomic E-state index is -0.214. The predicted molar refractivity (Wildman–Crippen MR) is 92.2 cm³/mol. The highest BCUT2D eigenvalue weighted by molar-refractivity contribution is 7.99. The number of nitrogens with one attached hydrogen (secondary N) is 2. The fraction of sp³-hybridized carbons (Fsp3) is 0.438. The molecule has 0 saturated heterocycles. The van der Waals surface area contributed by atoms with Crippen molar-refractivity contribution >= 4 is 17.8 Å². The van der Waals surface area contributed by atoms with Crippen molar-refractivity contribution < 1.29 is 9.53 Å². The minimum absolute atomic E-state index is 0.112. The zero-order valence-electron chi connectivity index (χ0n) is 13.7. The Morgan fingerprint density at radius 3 is 3.12 bits per heavy atom. The van der Waals surface area contributed by atoms with Gasteiger partial charge in [0.15, 0.2) is 5.82 Å². The second kappa shape index (κ2) is 7.57. The van der Waals surface area contributed by atoms with Gasteiger partial charge in [-0.25, -0.2) is 4.79 Å². The molecule has 2 unspecified atom stereocenters. The van der Waals surface area contributed by atoms with Crippen molar-refractivity contribution in [1.82, 2.24) is 25.4 Å². The average molecular weight is 347 g/mol. The number of urea groups is 1. The van der Waals surface area contributed by atoms with Crippen LogP contribution in [0.2, 0.25) is 0 Å². The molecule has 0 bridgehead atoms. The number of aromatic nitrogens is 3. The molecule has 2 heterocycles. The van der Waals surface area contributed by atoms with E-state index in [1.165, 1.54) is 4.90 Å². The predicted octanol–water partition coefficient (Wildman–Crippen LogP) is 2.12. The Bertz CT molecular complexity index is 705. The summed E-state index contributed by atoms with van der Waals surface area (Å²) in [6.07, 6.45) is 2.50. The van der Waals surface area contributed by atoms with Crippen LogP contribution in [0, 0.1) is 0 Å². The summed E-state index contributed by atoms with van der Waals surface area (Å²) >= 11 is 1.79. The topological polar surface area (TPSA) is 81.1 Å². The van der Waals surface area contributed by atoms with E-state index in [4.69, 9.17) is 4.74 Å². The van der Waals surface area contributed by atoms with Crippen molar-refractivity contribution in [3.63, 3.8) is 0 Å². The number of ether oxygens (including phenoxy) is 1. The summed E-state index contributed by atoms with van der Waals surface area (Å²) in [5.74, 6) is 2.54. The van der Waals surface area contributed by atoms with Gasteiger partial charge in [0.05, 0.1) is 6.04 Å². The van der Waals surface area contributed by atoms with Crippen LogP contribution in [0.4, 0.5) is 4.79 Å². The number of fused-ring (bicyclic) bond motifs is 1. The number of thioether (sulfide) groups is 1. The first-order valence-electron chi connectivity index (χ1n) is 7.90. The Kier molecular flexibility index (Phi) is 5.24. The van der Waals surface area contributed by atoms with E-state index >= 15 is 0 Å². The third-order valence-corrected chi connectivity index (χ3v) is 4.99. The summed E-state index contributed by atoms with van der Waals surface area (Å²) in [6, 6.07) is 7.62. The molecule has 1 aliphatic rings. The Morgan fingerprint density at radius 1 is 1.50 bits per heavy atom. The summed E-state index contributed by atoms with van der Waals surface area (Å²) in [5, 5.41) is 13.5. The first-order valence-corrected chi connectivity index (χ1v) is 8.89. The molecule has 24 heavy (non-hydrogen) atoms. The van der Waals surface area contributed by atoms with Gasteiger partial charge in [0.2, 0.25) is 0 Å². The second-order valence-corrected chi connectivity index (χ2v) is 6.77. The van der Waals surface area contributed by atoms with Gasteiger partial charge in [0.25, 0.3) is 0 Å². The van der Waals surface area contributed by atoms with Crippen molar-refractivity contribution in [2.24, 2.45) is 7.05 Å². The number of nitrogens with zero attached hydrogens (tertiary/aromatic N) is 3. The van der Waals surface area contributed by atoms with E-state index in [2.05, 4.69) is 26.9 Å². The maximum absolute atomic E-state index is 12.0. The van der Waals surface area contributed by atoms with Gasteiger partial charge in [-0.1, -0.05) is 12.1 Å². The fourth-order valence-corrected chi connectivity index (χ4v) is 3.58. The zero-order chi connectivity index (χ0) is 16.9. The molecular formula is C16H21N5O2S. The molecule has 2 aromatic rings. The van der Waals surface area contributed by atoms with Gasteiger partial charge < -0.3 is 19.9 Å². The van der Waals surface area contributed by atoms with E-state index in [1.807, 2.05) is 32.2 Å². The van der Waals surface area contributed by atoms with Crippen LogP contribution in [0.15, 0.2) is 35.5 Å². The number of hydrogen-bond donors (Lipinski definition) is 2. The lowest BCUT2D eigenvalue weighted by molar-refractivity contribution is 0.202. The molecule has 0 aliphatic carbocycles. The molecule has 1 aromatic carbocycles. The molecule has 128 valence electrons. The van der Waals surface area contributed by atoms with Crippen molar-refractivity contribution in [2.45, 2.75) is 30.4 Å². The van der Waals surface area contributed by atoms with E-state index in [-0.39, 0.29) is 18.2 Å². The van der Waals surface area contributed by atoms with E-state index in [9.17, 15) is 4.79 Å². The number of hydrogen-bond acceptors (Lipinski definition) is 5. The van der Waals surface area contributed by atoms with Gasteiger partial charge in [0.1, 0.15) is 18.2 Å². The van der Waals surface area contributed by atoms with Crippen LogP contribution < -0.4 is 15.4 Å². The molecule has 2 amide bonds. The summed E-state index contributed by atoms with van der Waals surface area (Å²) in [6.45, 7) is 2.44. The van der Waals surface area contributed by atoms with Gasteiger partial charge in [-0.2, -0.15) is 0 Å². The van der Waals surface area contributed by atoms with E-state index in [1.54, 1.807) is 22.7 Å². The highest BCUT2D eigenvalue weighted by Gasteiger charge is 2.20.